The predicted octanol–water partition coefficient (Wildman–Crippen LogP) is 5.75. The van der Waals surface area contributed by atoms with Crippen LogP contribution < -0.4 is 10.9 Å². The Bertz CT molecular complexity index is 1370. The molecule has 1 aromatic carbocycles. The van der Waals surface area contributed by atoms with E-state index in [-0.39, 0.29) is 17.5 Å². The van der Waals surface area contributed by atoms with Gasteiger partial charge in [0.05, 0.1) is 28.4 Å². The standard InChI is InChI=1S/C25H32N6O3S/c1-25(2,3)30-15-17-13-18(9-10-21(17)35(30,33)34)28-23-22-20(11-12-27-24(22)32)31(29-23)19-8-6-4-5-7-16(19)14-26/h9-13,16,19,33-34H,4-8,15H2,1-3H3,(H,27,32)(H,28,29). The summed E-state index contributed by atoms with van der Waals surface area (Å²) in [5.74, 6) is 0.279. The van der Waals surface area contributed by atoms with Gasteiger partial charge < -0.3 is 10.3 Å². The second-order valence-electron chi connectivity index (χ2n) is 10.5. The number of nitriles is 1. The molecule has 2 unspecified atom stereocenters. The first-order valence-electron chi connectivity index (χ1n) is 12.1. The molecule has 10 heteroatoms. The number of rotatable bonds is 3. The Morgan fingerprint density at radius 1 is 1.20 bits per heavy atom. The maximum absolute atomic E-state index is 12.8. The normalized spacial score (nSPS) is 23.4. The van der Waals surface area contributed by atoms with Crippen LogP contribution in [0.5, 0.6) is 0 Å². The topological polar surface area (TPSA) is 130 Å². The molecule has 35 heavy (non-hydrogen) atoms. The van der Waals surface area contributed by atoms with Crippen molar-refractivity contribution in [2.45, 2.75) is 75.9 Å². The van der Waals surface area contributed by atoms with Crippen molar-refractivity contribution in [2.75, 3.05) is 5.32 Å². The molecule has 2 aliphatic rings. The summed E-state index contributed by atoms with van der Waals surface area (Å²) in [5, 5.41) is 18.4. The monoisotopic (exact) mass is 496 g/mol. The molecule has 9 nitrogen and oxygen atoms in total. The number of fused-ring (bicyclic) bond motifs is 2. The Hall–Kier alpha value is -2.84. The SMILES string of the molecule is CC(C)(C)N1Cc2cc(Nc3nn(C4CCCCCC4C#N)c4cc[nH]c(=O)c34)ccc2S1(O)O. The highest BCUT2D eigenvalue weighted by molar-refractivity contribution is 8.22. The molecule has 1 aliphatic carbocycles. The molecule has 3 aromatic rings. The lowest BCUT2D eigenvalue weighted by Gasteiger charge is -2.44. The van der Waals surface area contributed by atoms with Gasteiger partial charge in [-0.05, 0) is 63.4 Å². The second-order valence-corrected chi connectivity index (χ2v) is 12.4. The van der Waals surface area contributed by atoms with Gasteiger partial charge in [0.15, 0.2) is 5.82 Å². The zero-order chi connectivity index (χ0) is 25.0. The number of hydrogen-bond donors (Lipinski definition) is 4. The predicted molar refractivity (Wildman–Crippen MR) is 138 cm³/mol. The van der Waals surface area contributed by atoms with Gasteiger partial charge in [0.1, 0.15) is 5.39 Å². The van der Waals surface area contributed by atoms with E-state index in [0.29, 0.717) is 33.8 Å². The smallest absolute Gasteiger partial charge is 0.261 e. The van der Waals surface area contributed by atoms with Crippen molar-refractivity contribution >= 4 is 33.2 Å². The fourth-order valence-electron chi connectivity index (χ4n) is 5.34. The van der Waals surface area contributed by atoms with E-state index in [4.69, 9.17) is 5.10 Å². The van der Waals surface area contributed by atoms with Crippen LogP contribution in [0, 0.1) is 17.2 Å². The summed E-state index contributed by atoms with van der Waals surface area (Å²) in [6.07, 6.45) is 6.44. The fraction of sp³-hybridized carbons (Fsp3) is 0.480. The molecular formula is C25H32N6O3S. The summed E-state index contributed by atoms with van der Waals surface area (Å²) in [6, 6.07) is 9.63. The molecule has 0 spiro atoms. The second kappa shape index (κ2) is 8.68. The van der Waals surface area contributed by atoms with Crippen molar-refractivity contribution in [3.63, 3.8) is 0 Å². The molecule has 3 heterocycles. The number of hydrogen-bond acceptors (Lipinski definition) is 7. The molecule has 2 atom stereocenters. The van der Waals surface area contributed by atoms with Gasteiger partial charge in [-0.15, -0.1) is 10.8 Å². The molecular weight excluding hydrogens is 464 g/mol. The first-order valence-corrected chi connectivity index (χ1v) is 13.6. The number of aromatic nitrogens is 3. The Balaban J connectivity index is 1.54. The highest BCUT2D eigenvalue weighted by Crippen LogP contribution is 2.61. The summed E-state index contributed by atoms with van der Waals surface area (Å²) in [4.78, 5) is 16.1. The quantitative estimate of drug-likeness (QED) is 0.340. The fourth-order valence-corrected chi connectivity index (χ4v) is 7.38. The zero-order valence-corrected chi connectivity index (χ0v) is 21.1. The summed E-state index contributed by atoms with van der Waals surface area (Å²) >= 11 is 0. The zero-order valence-electron chi connectivity index (χ0n) is 20.3. The number of pyridine rings is 1. The van der Waals surface area contributed by atoms with Crippen LogP contribution in [0.25, 0.3) is 10.9 Å². The summed E-state index contributed by atoms with van der Waals surface area (Å²) in [7, 11) is -3.06. The van der Waals surface area contributed by atoms with Gasteiger partial charge in [0.25, 0.3) is 5.56 Å². The van der Waals surface area contributed by atoms with Crippen molar-refractivity contribution in [3.05, 3.63) is 46.4 Å². The van der Waals surface area contributed by atoms with Crippen LogP contribution in [0.2, 0.25) is 0 Å². The van der Waals surface area contributed by atoms with Crippen LogP contribution in [0.1, 0.15) is 64.5 Å². The van der Waals surface area contributed by atoms with E-state index in [1.165, 1.54) is 0 Å². The number of benzene rings is 1. The van der Waals surface area contributed by atoms with E-state index in [9.17, 15) is 19.2 Å². The first-order chi connectivity index (χ1) is 16.6. The molecule has 1 fully saturated rings. The van der Waals surface area contributed by atoms with Crippen molar-refractivity contribution in [1.82, 2.24) is 19.1 Å². The van der Waals surface area contributed by atoms with Gasteiger partial charge in [-0.25, -0.2) is 0 Å². The van der Waals surface area contributed by atoms with Crippen LogP contribution >= 0.6 is 10.8 Å². The number of nitrogens with zero attached hydrogens (tertiary/aromatic N) is 4. The molecule has 1 aliphatic heterocycles. The minimum atomic E-state index is -3.06. The van der Waals surface area contributed by atoms with Crippen molar-refractivity contribution in [3.8, 4) is 6.07 Å². The minimum absolute atomic E-state index is 0.0873. The molecule has 4 N–H and O–H groups in total. The van der Waals surface area contributed by atoms with Crippen LogP contribution in [0.15, 0.2) is 40.2 Å². The van der Waals surface area contributed by atoms with Crippen molar-refractivity contribution < 1.29 is 9.11 Å². The minimum Gasteiger partial charge on any atom is -0.338 e. The maximum Gasteiger partial charge on any atom is 0.261 e. The Morgan fingerprint density at radius 2 is 1.97 bits per heavy atom. The lowest BCUT2D eigenvalue weighted by Crippen LogP contribution is -2.39. The van der Waals surface area contributed by atoms with Gasteiger partial charge in [-0.3, -0.25) is 18.6 Å². The molecule has 186 valence electrons. The molecule has 5 rings (SSSR count). The lowest BCUT2D eigenvalue weighted by atomic mass is 9.96. The van der Waals surface area contributed by atoms with E-state index in [1.807, 2.05) is 37.6 Å². The largest absolute Gasteiger partial charge is 0.338 e. The van der Waals surface area contributed by atoms with E-state index in [2.05, 4.69) is 16.4 Å². The van der Waals surface area contributed by atoms with E-state index < -0.39 is 16.3 Å². The van der Waals surface area contributed by atoms with E-state index in [0.717, 1.165) is 37.7 Å². The average Bonchev–Trinajstić information content (AvgIpc) is 3.17. The van der Waals surface area contributed by atoms with Crippen LogP contribution in [-0.4, -0.2) is 33.7 Å². The molecule has 1 saturated carbocycles. The number of nitrogens with one attached hydrogen (secondary N) is 2. The van der Waals surface area contributed by atoms with Crippen LogP contribution in [0.3, 0.4) is 0 Å². The number of anilines is 2. The summed E-state index contributed by atoms with van der Waals surface area (Å²) in [5.41, 5.74) is 1.59. The van der Waals surface area contributed by atoms with Crippen molar-refractivity contribution in [1.29, 1.82) is 5.26 Å². The molecule has 0 amide bonds. The van der Waals surface area contributed by atoms with Gasteiger partial charge in [-0.2, -0.15) is 14.7 Å². The maximum atomic E-state index is 12.8. The first kappa shape index (κ1) is 23.9. The Morgan fingerprint density at radius 3 is 2.71 bits per heavy atom. The average molecular weight is 497 g/mol. The summed E-state index contributed by atoms with van der Waals surface area (Å²) < 4.78 is 25.3. The van der Waals surface area contributed by atoms with Gasteiger partial charge in [0, 0.05) is 24.0 Å². The molecule has 2 aromatic heterocycles. The third kappa shape index (κ3) is 4.12. The van der Waals surface area contributed by atoms with Crippen molar-refractivity contribution in [2.24, 2.45) is 5.92 Å². The molecule has 0 bridgehead atoms. The van der Waals surface area contributed by atoms with Gasteiger partial charge >= 0.3 is 0 Å². The number of aromatic amines is 1. The Labute approximate surface area is 206 Å². The van der Waals surface area contributed by atoms with E-state index >= 15 is 0 Å². The van der Waals surface area contributed by atoms with Crippen LogP contribution in [-0.2, 0) is 6.54 Å². The molecule has 0 saturated heterocycles. The Kier molecular flexibility index (Phi) is 5.92. The van der Waals surface area contributed by atoms with E-state index in [1.54, 1.807) is 22.6 Å². The third-order valence-electron chi connectivity index (χ3n) is 7.08. The lowest BCUT2D eigenvalue weighted by molar-refractivity contribution is 0.227. The van der Waals surface area contributed by atoms with Crippen LogP contribution in [0.4, 0.5) is 11.5 Å². The summed E-state index contributed by atoms with van der Waals surface area (Å²) in [6.45, 7) is 6.29. The van der Waals surface area contributed by atoms with Gasteiger partial charge in [0.2, 0.25) is 0 Å². The molecule has 0 radical (unpaired) electrons. The number of H-pyrrole nitrogens is 1. The third-order valence-corrected chi connectivity index (χ3v) is 9.36. The highest BCUT2D eigenvalue weighted by Gasteiger charge is 2.41. The van der Waals surface area contributed by atoms with Gasteiger partial charge in [-0.1, -0.05) is 19.3 Å². The highest BCUT2D eigenvalue weighted by atomic mass is 32.3.